The fourth-order valence-corrected chi connectivity index (χ4v) is 2.09. The van der Waals surface area contributed by atoms with E-state index in [9.17, 15) is 9.59 Å². The highest BCUT2D eigenvalue weighted by atomic mass is 32.2. The zero-order valence-electron chi connectivity index (χ0n) is 8.45. The first kappa shape index (κ1) is 13.2. The Balaban J connectivity index is 3.88. The summed E-state index contributed by atoms with van der Waals surface area (Å²) in [6.45, 7) is 4.32. The minimum Gasteiger partial charge on any atom is -0.351 e. The van der Waals surface area contributed by atoms with Crippen molar-refractivity contribution in [1.29, 1.82) is 0 Å². The summed E-state index contributed by atoms with van der Waals surface area (Å²) < 4.78 is 0. The number of amides is 3. The van der Waals surface area contributed by atoms with Crippen molar-refractivity contribution in [2.45, 2.75) is 30.8 Å². The van der Waals surface area contributed by atoms with Gasteiger partial charge in [-0.15, -0.1) is 11.8 Å². The van der Waals surface area contributed by atoms with Crippen molar-refractivity contribution in [3.8, 4) is 0 Å². The Labute approximate surface area is 88.0 Å². The van der Waals surface area contributed by atoms with Gasteiger partial charge in [-0.3, -0.25) is 10.1 Å². The molecular formula is C8H17N3O2S. The van der Waals surface area contributed by atoms with Gasteiger partial charge in [-0.05, 0) is 19.9 Å². The van der Waals surface area contributed by atoms with Crippen LogP contribution in [0.4, 0.5) is 4.79 Å². The van der Waals surface area contributed by atoms with Gasteiger partial charge >= 0.3 is 6.03 Å². The summed E-state index contributed by atoms with van der Waals surface area (Å²) in [5, 5.41) is 2.05. The van der Waals surface area contributed by atoms with Gasteiger partial charge in [0.15, 0.2) is 0 Å². The molecule has 0 rings (SSSR count). The van der Waals surface area contributed by atoms with E-state index in [-0.39, 0.29) is 11.2 Å². The van der Waals surface area contributed by atoms with Gasteiger partial charge in [0.25, 0.3) is 0 Å². The number of thioether (sulfide) groups is 1. The molecule has 0 fully saturated rings. The number of nitrogens with two attached hydrogens (primary N) is 2. The molecule has 0 aliphatic heterocycles. The monoisotopic (exact) mass is 219 g/mol. The zero-order chi connectivity index (χ0) is 11.1. The molecule has 2 atom stereocenters. The fourth-order valence-electron chi connectivity index (χ4n) is 0.936. The van der Waals surface area contributed by atoms with Crippen LogP contribution in [-0.4, -0.2) is 29.0 Å². The maximum Gasteiger partial charge on any atom is 0.318 e. The Morgan fingerprint density at radius 2 is 2.00 bits per heavy atom. The molecule has 0 aromatic carbocycles. The molecule has 0 saturated carbocycles. The largest absolute Gasteiger partial charge is 0.351 e. The first-order valence-electron chi connectivity index (χ1n) is 4.43. The predicted octanol–water partition coefficient (Wildman–Crippen LogP) is 0.0403. The molecular weight excluding hydrogens is 202 g/mol. The van der Waals surface area contributed by atoms with Crippen LogP contribution in [0, 0.1) is 0 Å². The molecule has 2 unspecified atom stereocenters. The summed E-state index contributed by atoms with van der Waals surface area (Å²) in [6, 6.07) is -0.811. The lowest BCUT2D eigenvalue weighted by Crippen LogP contribution is -2.39. The highest BCUT2D eigenvalue weighted by Gasteiger charge is 2.17. The molecule has 14 heavy (non-hydrogen) atoms. The summed E-state index contributed by atoms with van der Waals surface area (Å²) in [7, 11) is 0. The fraction of sp³-hybridized carbons (Fsp3) is 0.750. The highest BCUT2D eigenvalue weighted by Crippen LogP contribution is 2.19. The van der Waals surface area contributed by atoms with E-state index in [1.165, 1.54) is 11.8 Å². The molecule has 0 aliphatic carbocycles. The molecule has 6 heteroatoms. The Kier molecular flexibility index (Phi) is 6.31. The van der Waals surface area contributed by atoms with Crippen LogP contribution in [0.3, 0.4) is 0 Å². The van der Waals surface area contributed by atoms with Gasteiger partial charge in [0, 0.05) is 5.25 Å². The maximum atomic E-state index is 11.2. The van der Waals surface area contributed by atoms with Crippen LogP contribution >= 0.6 is 11.8 Å². The summed E-state index contributed by atoms with van der Waals surface area (Å²) in [5.41, 5.74) is 10.2. The van der Waals surface area contributed by atoms with Crippen LogP contribution in [0.1, 0.15) is 20.3 Å². The van der Waals surface area contributed by atoms with Crippen molar-refractivity contribution in [3.05, 3.63) is 0 Å². The van der Waals surface area contributed by atoms with E-state index >= 15 is 0 Å². The summed E-state index contributed by atoms with van der Waals surface area (Å²) in [4.78, 5) is 21.6. The molecule has 0 saturated heterocycles. The second-order valence-electron chi connectivity index (χ2n) is 3.02. The Morgan fingerprint density at radius 3 is 2.43 bits per heavy atom. The lowest BCUT2D eigenvalue weighted by atomic mass is 10.3. The van der Waals surface area contributed by atoms with Gasteiger partial charge in [-0.1, -0.05) is 6.92 Å². The lowest BCUT2D eigenvalue weighted by molar-refractivity contribution is -0.119. The van der Waals surface area contributed by atoms with E-state index in [2.05, 4.69) is 0 Å². The number of hydrogen-bond donors (Lipinski definition) is 3. The molecule has 0 heterocycles. The van der Waals surface area contributed by atoms with Gasteiger partial charge in [0.2, 0.25) is 5.91 Å². The quantitative estimate of drug-likeness (QED) is 0.608. The number of nitrogens with one attached hydrogen (secondary N) is 1. The van der Waals surface area contributed by atoms with Gasteiger partial charge in [-0.25, -0.2) is 4.79 Å². The standard InChI is InChI=1S/C8H17N3O2S/c1-5(3-4-9)14-6(2)7(12)11-8(10)13/h5-6H,3-4,9H2,1-2H3,(H3,10,11,12,13). The number of rotatable bonds is 5. The van der Waals surface area contributed by atoms with Gasteiger partial charge in [-0.2, -0.15) is 0 Å². The molecule has 0 aliphatic rings. The zero-order valence-corrected chi connectivity index (χ0v) is 9.26. The van der Waals surface area contributed by atoms with Gasteiger partial charge in [0.05, 0.1) is 5.25 Å². The number of urea groups is 1. The Bertz CT molecular complexity index is 211. The van der Waals surface area contributed by atoms with E-state index in [0.29, 0.717) is 11.8 Å². The number of imide groups is 1. The third-order valence-corrected chi connectivity index (χ3v) is 2.95. The van der Waals surface area contributed by atoms with E-state index in [4.69, 9.17) is 11.5 Å². The third-order valence-electron chi connectivity index (χ3n) is 1.63. The second-order valence-corrected chi connectivity index (χ2v) is 4.80. The Morgan fingerprint density at radius 1 is 1.43 bits per heavy atom. The predicted molar refractivity (Wildman–Crippen MR) is 57.9 cm³/mol. The van der Waals surface area contributed by atoms with Crippen LogP contribution in [0.15, 0.2) is 0 Å². The van der Waals surface area contributed by atoms with Crippen molar-refractivity contribution in [2.75, 3.05) is 6.54 Å². The van der Waals surface area contributed by atoms with Crippen molar-refractivity contribution in [2.24, 2.45) is 11.5 Å². The van der Waals surface area contributed by atoms with E-state index in [1.807, 2.05) is 12.2 Å². The second kappa shape index (κ2) is 6.67. The molecule has 5 nitrogen and oxygen atoms in total. The molecule has 3 amide bonds. The van der Waals surface area contributed by atoms with Gasteiger partial charge < -0.3 is 11.5 Å². The van der Waals surface area contributed by atoms with Crippen LogP contribution in [0.5, 0.6) is 0 Å². The summed E-state index contributed by atoms with van der Waals surface area (Å²) in [5.74, 6) is -0.355. The van der Waals surface area contributed by atoms with Gasteiger partial charge in [0.1, 0.15) is 0 Å². The number of primary amides is 1. The summed E-state index contributed by atoms with van der Waals surface area (Å²) in [6.07, 6.45) is 0.846. The SMILES string of the molecule is CC(CCN)SC(C)C(=O)NC(N)=O. The Hall–Kier alpha value is -0.750. The maximum absolute atomic E-state index is 11.2. The van der Waals surface area contributed by atoms with Crippen LogP contribution in [0.2, 0.25) is 0 Å². The molecule has 0 radical (unpaired) electrons. The number of hydrogen-bond acceptors (Lipinski definition) is 4. The molecule has 82 valence electrons. The average molecular weight is 219 g/mol. The smallest absolute Gasteiger partial charge is 0.318 e. The van der Waals surface area contributed by atoms with Crippen LogP contribution < -0.4 is 16.8 Å². The van der Waals surface area contributed by atoms with Crippen LogP contribution in [-0.2, 0) is 4.79 Å². The van der Waals surface area contributed by atoms with Crippen molar-refractivity contribution in [1.82, 2.24) is 5.32 Å². The topological polar surface area (TPSA) is 98.2 Å². The molecule has 0 bridgehead atoms. The third kappa shape index (κ3) is 5.82. The molecule has 0 aromatic rings. The van der Waals surface area contributed by atoms with Crippen molar-refractivity contribution < 1.29 is 9.59 Å². The van der Waals surface area contributed by atoms with E-state index < -0.39 is 6.03 Å². The first-order chi connectivity index (χ1) is 6.47. The average Bonchev–Trinajstić information content (AvgIpc) is 2.02. The van der Waals surface area contributed by atoms with E-state index in [0.717, 1.165) is 6.42 Å². The lowest BCUT2D eigenvalue weighted by Gasteiger charge is -2.15. The first-order valence-corrected chi connectivity index (χ1v) is 5.37. The normalized spacial score (nSPS) is 14.5. The van der Waals surface area contributed by atoms with Crippen molar-refractivity contribution in [3.63, 3.8) is 0 Å². The van der Waals surface area contributed by atoms with Crippen LogP contribution in [0.25, 0.3) is 0 Å². The molecule has 0 spiro atoms. The number of carbonyl (C=O) groups is 2. The number of carbonyl (C=O) groups excluding carboxylic acids is 2. The van der Waals surface area contributed by atoms with E-state index in [1.54, 1.807) is 6.92 Å². The minimum atomic E-state index is -0.811. The minimum absolute atomic E-state index is 0.288. The highest BCUT2D eigenvalue weighted by molar-refractivity contribution is 8.01. The molecule has 5 N–H and O–H groups in total. The van der Waals surface area contributed by atoms with Crippen molar-refractivity contribution >= 4 is 23.7 Å². The molecule has 0 aromatic heterocycles. The summed E-state index contributed by atoms with van der Waals surface area (Å²) >= 11 is 1.47.